The number of rotatable bonds is 6. The molecule has 0 aromatic heterocycles. The van der Waals surface area contributed by atoms with Crippen LogP contribution in [0.15, 0.2) is 65.6 Å². The average Bonchev–Trinajstić information content (AvgIpc) is 2.89. The van der Waals surface area contributed by atoms with Crippen LogP contribution in [0.3, 0.4) is 0 Å². The number of sulfonamides is 1. The molecule has 8 nitrogen and oxygen atoms in total. The SMILES string of the molecule is O=C(Nc1ccc(S(=O)(=O)N2CCOCC2)cc1)C1CCN(C(=O)C=Cc2ccccc2)CC1. The summed E-state index contributed by atoms with van der Waals surface area (Å²) in [6.45, 7) is 2.50. The number of amides is 2. The van der Waals surface area contributed by atoms with E-state index >= 15 is 0 Å². The van der Waals surface area contributed by atoms with Crippen molar-refractivity contribution in [2.24, 2.45) is 5.92 Å². The predicted octanol–water partition coefficient (Wildman–Crippen LogP) is 2.60. The Bertz CT molecular complexity index is 1120. The van der Waals surface area contributed by atoms with Gasteiger partial charge in [0.05, 0.1) is 18.1 Å². The monoisotopic (exact) mass is 483 g/mol. The minimum atomic E-state index is -3.57. The summed E-state index contributed by atoms with van der Waals surface area (Å²) in [6, 6.07) is 15.9. The number of hydrogen-bond acceptors (Lipinski definition) is 5. The lowest BCUT2D eigenvalue weighted by Crippen LogP contribution is -2.41. The molecule has 180 valence electrons. The molecule has 0 bridgehead atoms. The van der Waals surface area contributed by atoms with E-state index in [4.69, 9.17) is 4.74 Å². The Morgan fingerprint density at radius 2 is 1.56 bits per heavy atom. The van der Waals surface area contributed by atoms with Crippen molar-refractivity contribution < 1.29 is 22.7 Å². The van der Waals surface area contributed by atoms with Gasteiger partial charge in [0.25, 0.3) is 0 Å². The minimum Gasteiger partial charge on any atom is -0.379 e. The standard InChI is InChI=1S/C25H29N3O5S/c29-24(11-6-20-4-2-1-3-5-20)27-14-12-21(13-15-27)25(30)26-22-7-9-23(10-8-22)34(31,32)28-16-18-33-19-17-28/h1-11,21H,12-19H2,(H,26,30). The number of hydrogen-bond donors (Lipinski definition) is 1. The third kappa shape index (κ3) is 5.91. The fraction of sp³-hybridized carbons (Fsp3) is 0.360. The first-order valence-electron chi connectivity index (χ1n) is 11.4. The average molecular weight is 484 g/mol. The van der Waals surface area contributed by atoms with Crippen molar-refractivity contribution in [2.45, 2.75) is 17.7 Å². The van der Waals surface area contributed by atoms with E-state index in [0.717, 1.165) is 5.56 Å². The molecule has 2 aromatic carbocycles. The lowest BCUT2D eigenvalue weighted by Gasteiger charge is -2.30. The summed E-state index contributed by atoms with van der Waals surface area (Å²) in [5.74, 6) is -0.366. The van der Waals surface area contributed by atoms with E-state index in [1.165, 1.54) is 16.4 Å². The van der Waals surface area contributed by atoms with Crippen molar-refractivity contribution in [3.05, 3.63) is 66.2 Å². The lowest BCUT2D eigenvalue weighted by atomic mass is 9.95. The highest BCUT2D eigenvalue weighted by molar-refractivity contribution is 7.89. The van der Waals surface area contributed by atoms with Gasteiger partial charge in [0.1, 0.15) is 0 Å². The molecule has 2 aliphatic heterocycles. The predicted molar refractivity (Wildman–Crippen MR) is 129 cm³/mol. The summed E-state index contributed by atoms with van der Waals surface area (Å²) in [4.78, 5) is 27.1. The van der Waals surface area contributed by atoms with Crippen LogP contribution in [0, 0.1) is 5.92 Å². The van der Waals surface area contributed by atoms with Gasteiger partial charge in [0.15, 0.2) is 0 Å². The maximum absolute atomic E-state index is 12.7. The minimum absolute atomic E-state index is 0.0558. The van der Waals surface area contributed by atoms with Crippen molar-refractivity contribution in [1.82, 2.24) is 9.21 Å². The van der Waals surface area contributed by atoms with E-state index in [0.29, 0.717) is 57.9 Å². The van der Waals surface area contributed by atoms with Gasteiger partial charge in [-0.15, -0.1) is 0 Å². The zero-order valence-corrected chi connectivity index (χ0v) is 19.7. The van der Waals surface area contributed by atoms with Crippen molar-refractivity contribution in [3.8, 4) is 0 Å². The second-order valence-corrected chi connectivity index (χ2v) is 10.3. The number of anilines is 1. The number of piperidine rings is 1. The second-order valence-electron chi connectivity index (χ2n) is 8.37. The summed E-state index contributed by atoms with van der Waals surface area (Å²) in [5.41, 5.74) is 1.52. The van der Waals surface area contributed by atoms with Gasteiger partial charge < -0.3 is 15.0 Å². The van der Waals surface area contributed by atoms with Gasteiger partial charge >= 0.3 is 0 Å². The van der Waals surface area contributed by atoms with E-state index in [-0.39, 0.29) is 22.6 Å². The van der Waals surface area contributed by atoms with Crippen LogP contribution in [-0.2, 0) is 24.3 Å². The zero-order valence-electron chi connectivity index (χ0n) is 18.9. The number of benzene rings is 2. The summed E-state index contributed by atoms with van der Waals surface area (Å²) in [6.07, 6.45) is 4.53. The first kappa shape index (κ1) is 24.1. The highest BCUT2D eigenvalue weighted by atomic mass is 32.2. The third-order valence-electron chi connectivity index (χ3n) is 6.13. The molecule has 1 N–H and O–H groups in total. The van der Waals surface area contributed by atoms with E-state index in [9.17, 15) is 18.0 Å². The number of ether oxygens (including phenoxy) is 1. The summed E-state index contributed by atoms with van der Waals surface area (Å²) in [5, 5.41) is 2.88. The Labute approximate surface area is 200 Å². The van der Waals surface area contributed by atoms with Crippen LogP contribution in [0.5, 0.6) is 0 Å². The number of morpholine rings is 1. The highest BCUT2D eigenvalue weighted by Crippen LogP contribution is 2.22. The molecule has 4 rings (SSSR count). The number of carbonyl (C=O) groups is 2. The largest absolute Gasteiger partial charge is 0.379 e. The number of nitrogens with one attached hydrogen (secondary N) is 1. The van der Waals surface area contributed by atoms with Gasteiger partial charge in [-0.2, -0.15) is 4.31 Å². The fourth-order valence-corrected chi connectivity index (χ4v) is 5.50. The Morgan fingerprint density at radius 1 is 0.912 bits per heavy atom. The molecule has 34 heavy (non-hydrogen) atoms. The zero-order chi connectivity index (χ0) is 24.0. The molecule has 0 spiro atoms. The first-order valence-corrected chi connectivity index (χ1v) is 12.9. The molecule has 0 atom stereocenters. The highest BCUT2D eigenvalue weighted by Gasteiger charge is 2.28. The lowest BCUT2D eigenvalue weighted by molar-refractivity contribution is -0.130. The van der Waals surface area contributed by atoms with Crippen LogP contribution >= 0.6 is 0 Å². The van der Waals surface area contributed by atoms with E-state index in [2.05, 4.69) is 5.32 Å². The fourth-order valence-electron chi connectivity index (χ4n) is 4.09. The molecular formula is C25H29N3O5S. The molecule has 2 saturated heterocycles. The molecule has 2 fully saturated rings. The molecule has 0 aliphatic carbocycles. The van der Waals surface area contributed by atoms with Crippen LogP contribution in [-0.4, -0.2) is 68.8 Å². The summed E-state index contributed by atoms with van der Waals surface area (Å²) in [7, 11) is -3.57. The Hall–Kier alpha value is -3.01. The molecule has 0 unspecified atom stereocenters. The molecule has 9 heteroatoms. The van der Waals surface area contributed by atoms with Crippen LogP contribution in [0.1, 0.15) is 18.4 Å². The molecular weight excluding hydrogens is 454 g/mol. The maximum atomic E-state index is 12.7. The Balaban J connectivity index is 1.27. The topological polar surface area (TPSA) is 96.0 Å². The Morgan fingerprint density at radius 3 is 2.21 bits per heavy atom. The van der Waals surface area contributed by atoms with Gasteiger partial charge in [-0.25, -0.2) is 8.42 Å². The first-order chi connectivity index (χ1) is 16.4. The van der Waals surface area contributed by atoms with Gasteiger partial charge in [-0.05, 0) is 48.7 Å². The third-order valence-corrected chi connectivity index (χ3v) is 8.04. The molecule has 2 heterocycles. The van der Waals surface area contributed by atoms with Crippen LogP contribution < -0.4 is 5.32 Å². The van der Waals surface area contributed by atoms with Crippen molar-refractivity contribution >= 4 is 33.6 Å². The van der Waals surface area contributed by atoms with Crippen LogP contribution in [0.4, 0.5) is 5.69 Å². The molecule has 2 aliphatic rings. The van der Waals surface area contributed by atoms with E-state index in [1.54, 1.807) is 29.2 Å². The molecule has 0 radical (unpaired) electrons. The number of carbonyl (C=O) groups excluding carboxylic acids is 2. The van der Waals surface area contributed by atoms with Crippen molar-refractivity contribution in [1.29, 1.82) is 0 Å². The van der Waals surface area contributed by atoms with Crippen LogP contribution in [0.25, 0.3) is 6.08 Å². The van der Waals surface area contributed by atoms with Gasteiger partial charge in [0, 0.05) is 43.9 Å². The van der Waals surface area contributed by atoms with Crippen LogP contribution in [0.2, 0.25) is 0 Å². The second kappa shape index (κ2) is 10.9. The number of nitrogens with zero attached hydrogens (tertiary/aromatic N) is 2. The molecule has 0 saturated carbocycles. The number of likely N-dealkylation sites (tertiary alicyclic amines) is 1. The van der Waals surface area contributed by atoms with Crippen molar-refractivity contribution in [3.63, 3.8) is 0 Å². The van der Waals surface area contributed by atoms with E-state index < -0.39 is 10.0 Å². The van der Waals surface area contributed by atoms with Gasteiger partial charge in [0.2, 0.25) is 21.8 Å². The molecule has 2 amide bonds. The normalized spacial score (nSPS) is 18.2. The summed E-state index contributed by atoms with van der Waals surface area (Å²) < 4.78 is 32.1. The summed E-state index contributed by atoms with van der Waals surface area (Å²) >= 11 is 0. The smallest absolute Gasteiger partial charge is 0.246 e. The van der Waals surface area contributed by atoms with Crippen molar-refractivity contribution in [2.75, 3.05) is 44.7 Å². The van der Waals surface area contributed by atoms with Gasteiger partial charge in [-0.1, -0.05) is 30.3 Å². The van der Waals surface area contributed by atoms with E-state index in [1.807, 2.05) is 30.3 Å². The quantitative estimate of drug-likeness (QED) is 0.638. The van der Waals surface area contributed by atoms with Gasteiger partial charge in [-0.3, -0.25) is 9.59 Å². The molecule has 2 aromatic rings. The Kier molecular flexibility index (Phi) is 7.77. The maximum Gasteiger partial charge on any atom is 0.246 e.